The minimum Gasteiger partial charge on any atom is -0.375 e. The molecule has 0 bridgehead atoms. The Hall–Kier alpha value is -0.770. The van der Waals surface area contributed by atoms with Crippen LogP contribution < -0.4 is 5.32 Å². The fourth-order valence-corrected chi connectivity index (χ4v) is 2.85. The zero-order chi connectivity index (χ0) is 11.6. The highest BCUT2D eigenvalue weighted by Crippen LogP contribution is 2.33. The molecule has 16 heavy (non-hydrogen) atoms. The van der Waals surface area contributed by atoms with Crippen molar-refractivity contribution in [1.29, 1.82) is 0 Å². The van der Waals surface area contributed by atoms with E-state index in [0.717, 1.165) is 45.4 Å². The molecule has 0 saturated carbocycles. The summed E-state index contributed by atoms with van der Waals surface area (Å²) >= 11 is 0. The highest BCUT2D eigenvalue weighted by atomic mass is 16.5. The Morgan fingerprint density at radius 1 is 1.50 bits per heavy atom. The van der Waals surface area contributed by atoms with Gasteiger partial charge in [-0.05, 0) is 25.7 Å². The van der Waals surface area contributed by atoms with E-state index in [-0.39, 0.29) is 11.6 Å². The van der Waals surface area contributed by atoms with E-state index in [9.17, 15) is 4.79 Å². The highest BCUT2D eigenvalue weighted by Gasteiger charge is 2.39. The summed E-state index contributed by atoms with van der Waals surface area (Å²) in [4.78, 5) is 13.6. The summed E-state index contributed by atoms with van der Waals surface area (Å²) in [7, 11) is 0. The van der Waals surface area contributed by atoms with Gasteiger partial charge in [-0.1, -0.05) is 13.8 Å². The van der Waals surface area contributed by atoms with Crippen LogP contribution in [0, 0.1) is 0 Å². The summed E-state index contributed by atoms with van der Waals surface area (Å²) in [6, 6.07) is 0.476. The van der Waals surface area contributed by atoms with Gasteiger partial charge in [0.1, 0.15) is 0 Å². The molecule has 4 nitrogen and oxygen atoms in total. The molecule has 92 valence electrons. The molecule has 4 heteroatoms. The molecule has 0 spiro atoms. The van der Waals surface area contributed by atoms with Crippen LogP contribution in [0.25, 0.3) is 0 Å². The largest absolute Gasteiger partial charge is 0.375 e. The van der Waals surface area contributed by atoms with Crippen LogP contribution in [0.5, 0.6) is 0 Å². The molecule has 2 rings (SSSR count). The molecule has 1 unspecified atom stereocenters. The van der Waals surface area contributed by atoms with Crippen molar-refractivity contribution >= 4 is 6.03 Å². The van der Waals surface area contributed by atoms with Crippen LogP contribution in [-0.4, -0.2) is 42.3 Å². The first-order valence-electron chi connectivity index (χ1n) is 6.39. The Morgan fingerprint density at radius 2 is 2.25 bits per heavy atom. The third-order valence-corrected chi connectivity index (χ3v) is 4.09. The molecule has 2 fully saturated rings. The third kappa shape index (κ3) is 2.03. The molecule has 1 atom stereocenters. The van der Waals surface area contributed by atoms with Crippen LogP contribution in [0.2, 0.25) is 0 Å². The van der Waals surface area contributed by atoms with E-state index in [2.05, 4.69) is 19.2 Å². The average molecular weight is 226 g/mol. The number of amides is 2. The van der Waals surface area contributed by atoms with Gasteiger partial charge >= 0.3 is 6.03 Å². The Labute approximate surface area is 97.3 Å². The fraction of sp³-hybridized carbons (Fsp3) is 0.917. The normalized spacial score (nSPS) is 29.2. The predicted molar refractivity (Wildman–Crippen MR) is 62.4 cm³/mol. The van der Waals surface area contributed by atoms with E-state index >= 15 is 0 Å². The smallest absolute Gasteiger partial charge is 0.317 e. The Kier molecular flexibility index (Phi) is 3.38. The number of carbonyl (C=O) groups is 1. The topological polar surface area (TPSA) is 41.6 Å². The van der Waals surface area contributed by atoms with Gasteiger partial charge in [-0.2, -0.15) is 0 Å². The van der Waals surface area contributed by atoms with Gasteiger partial charge in [-0.15, -0.1) is 0 Å². The second kappa shape index (κ2) is 4.62. The maximum Gasteiger partial charge on any atom is 0.317 e. The van der Waals surface area contributed by atoms with Crippen molar-refractivity contribution in [2.24, 2.45) is 0 Å². The number of ether oxygens (including phenoxy) is 1. The minimum absolute atomic E-state index is 0.00574. The lowest BCUT2D eigenvalue weighted by molar-refractivity contribution is -0.103. The van der Waals surface area contributed by atoms with Crippen molar-refractivity contribution in [1.82, 2.24) is 10.2 Å². The average Bonchev–Trinajstić information content (AvgIpc) is 2.75. The first-order valence-corrected chi connectivity index (χ1v) is 6.39. The molecular weight excluding hydrogens is 204 g/mol. The zero-order valence-electron chi connectivity index (χ0n) is 10.3. The molecule has 2 amide bonds. The maximum absolute atomic E-state index is 11.6. The summed E-state index contributed by atoms with van der Waals surface area (Å²) in [5, 5.41) is 2.88. The summed E-state index contributed by atoms with van der Waals surface area (Å²) in [5.41, 5.74) is 0.00574. The number of nitrogens with zero attached hydrogens (tertiary/aromatic N) is 1. The van der Waals surface area contributed by atoms with E-state index in [1.165, 1.54) is 0 Å². The van der Waals surface area contributed by atoms with Crippen LogP contribution in [0.15, 0.2) is 0 Å². The quantitative estimate of drug-likeness (QED) is 0.796. The minimum atomic E-state index is 0.00574. The highest BCUT2D eigenvalue weighted by molar-refractivity contribution is 5.76. The first kappa shape index (κ1) is 11.7. The molecule has 2 aliphatic heterocycles. The number of carbonyl (C=O) groups excluding carboxylic acids is 1. The van der Waals surface area contributed by atoms with Crippen LogP contribution in [0.3, 0.4) is 0 Å². The number of nitrogens with one attached hydrogen (secondary N) is 1. The van der Waals surface area contributed by atoms with E-state index in [1.54, 1.807) is 0 Å². The number of hydrogen-bond acceptors (Lipinski definition) is 2. The molecular formula is C12H22N2O2. The maximum atomic E-state index is 11.6. The molecule has 1 N–H and O–H groups in total. The second-order valence-corrected chi connectivity index (χ2v) is 4.81. The molecule has 0 aromatic heterocycles. The molecule has 2 heterocycles. The third-order valence-electron chi connectivity index (χ3n) is 4.09. The van der Waals surface area contributed by atoms with Crippen molar-refractivity contribution in [2.75, 3.05) is 19.7 Å². The van der Waals surface area contributed by atoms with Crippen molar-refractivity contribution in [3.8, 4) is 0 Å². The van der Waals surface area contributed by atoms with E-state index < -0.39 is 0 Å². The SMILES string of the molecule is CCC1(CC)CC(N2CCNC2=O)CCO1. The lowest BCUT2D eigenvalue weighted by Gasteiger charge is -2.42. The summed E-state index contributed by atoms with van der Waals surface area (Å²) in [6.07, 6.45) is 4.05. The molecule has 2 aliphatic rings. The fourth-order valence-electron chi connectivity index (χ4n) is 2.85. The van der Waals surface area contributed by atoms with Crippen molar-refractivity contribution in [2.45, 2.75) is 51.2 Å². The van der Waals surface area contributed by atoms with E-state index in [4.69, 9.17) is 4.74 Å². The lowest BCUT2D eigenvalue weighted by atomic mass is 9.85. The van der Waals surface area contributed by atoms with Gasteiger partial charge in [-0.25, -0.2) is 4.79 Å². The lowest BCUT2D eigenvalue weighted by Crippen LogP contribution is -2.49. The second-order valence-electron chi connectivity index (χ2n) is 4.81. The van der Waals surface area contributed by atoms with Gasteiger partial charge in [0, 0.05) is 25.7 Å². The van der Waals surface area contributed by atoms with Crippen LogP contribution in [0.4, 0.5) is 4.79 Å². The standard InChI is InChI=1S/C12H22N2O2/c1-3-12(4-2)9-10(5-8-16-12)14-7-6-13-11(14)15/h10H,3-9H2,1-2H3,(H,13,15). The van der Waals surface area contributed by atoms with Crippen LogP contribution in [-0.2, 0) is 4.74 Å². The van der Waals surface area contributed by atoms with Crippen molar-refractivity contribution in [3.63, 3.8) is 0 Å². The molecule has 0 aliphatic carbocycles. The zero-order valence-corrected chi connectivity index (χ0v) is 10.3. The van der Waals surface area contributed by atoms with Crippen LogP contribution >= 0.6 is 0 Å². The van der Waals surface area contributed by atoms with Crippen molar-refractivity contribution in [3.05, 3.63) is 0 Å². The number of rotatable bonds is 3. The van der Waals surface area contributed by atoms with Gasteiger partial charge in [0.05, 0.1) is 5.60 Å². The molecule has 0 radical (unpaired) electrons. The van der Waals surface area contributed by atoms with Gasteiger partial charge in [0.2, 0.25) is 0 Å². The Morgan fingerprint density at radius 3 is 2.81 bits per heavy atom. The van der Waals surface area contributed by atoms with E-state index in [1.807, 2.05) is 4.90 Å². The summed E-state index contributed by atoms with van der Waals surface area (Å²) in [6.45, 7) is 6.79. The van der Waals surface area contributed by atoms with Gasteiger partial charge < -0.3 is 15.0 Å². The van der Waals surface area contributed by atoms with E-state index in [0.29, 0.717) is 6.04 Å². The Balaban J connectivity index is 2.03. The number of hydrogen-bond donors (Lipinski definition) is 1. The number of urea groups is 1. The van der Waals surface area contributed by atoms with Crippen LogP contribution in [0.1, 0.15) is 39.5 Å². The van der Waals surface area contributed by atoms with Crippen molar-refractivity contribution < 1.29 is 9.53 Å². The van der Waals surface area contributed by atoms with Gasteiger partial charge in [-0.3, -0.25) is 0 Å². The molecule has 0 aromatic carbocycles. The molecule has 2 saturated heterocycles. The summed E-state index contributed by atoms with van der Waals surface area (Å²) < 4.78 is 5.93. The monoisotopic (exact) mass is 226 g/mol. The predicted octanol–water partition coefficient (Wildman–Crippen LogP) is 1.75. The van der Waals surface area contributed by atoms with Gasteiger partial charge in [0.15, 0.2) is 0 Å². The van der Waals surface area contributed by atoms with Gasteiger partial charge in [0.25, 0.3) is 0 Å². The molecule has 0 aromatic rings. The first-order chi connectivity index (χ1) is 7.71. The Bertz CT molecular complexity index is 264. The summed E-state index contributed by atoms with van der Waals surface area (Å²) in [5.74, 6) is 0.